The summed E-state index contributed by atoms with van der Waals surface area (Å²) in [5.74, 6) is 0.675. The van der Waals surface area contributed by atoms with Gasteiger partial charge in [-0.2, -0.15) is 0 Å². The second-order valence-electron chi connectivity index (χ2n) is 4.54. The molecule has 120 valence electrons. The molecule has 0 aliphatic heterocycles. The molecular weight excluding hydrogens is 292 g/mol. The maximum atomic E-state index is 12.2. The topological polar surface area (TPSA) is 76.7 Å². The van der Waals surface area contributed by atoms with Crippen molar-refractivity contribution in [3.63, 3.8) is 0 Å². The molecular formula is C14H24N2O4S. The van der Waals surface area contributed by atoms with Crippen molar-refractivity contribution >= 4 is 10.0 Å². The summed E-state index contributed by atoms with van der Waals surface area (Å²) >= 11 is 0. The van der Waals surface area contributed by atoms with Gasteiger partial charge in [-0.25, -0.2) is 13.1 Å². The first kappa shape index (κ1) is 17.9. The summed E-state index contributed by atoms with van der Waals surface area (Å²) in [6.07, 6.45) is 1.01. The normalized spacial score (nSPS) is 11.6. The van der Waals surface area contributed by atoms with Crippen LogP contribution in [0.3, 0.4) is 0 Å². The monoisotopic (exact) mass is 316 g/mol. The molecule has 0 saturated heterocycles. The lowest BCUT2D eigenvalue weighted by atomic mass is 10.2. The molecule has 1 aromatic rings. The number of hydrogen-bond acceptors (Lipinski definition) is 5. The first-order valence-corrected chi connectivity index (χ1v) is 8.39. The summed E-state index contributed by atoms with van der Waals surface area (Å²) in [6.45, 7) is 4.09. The molecule has 21 heavy (non-hydrogen) atoms. The summed E-state index contributed by atoms with van der Waals surface area (Å²) in [5, 5.41) is 3.24. The number of benzene rings is 1. The molecule has 0 fully saturated rings. The lowest BCUT2D eigenvalue weighted by Gasteiger charge is -2.12. The predicted octanol–water partition coefficient (Wildman–Crippen LogP) is 1.12. The summed E-state index contributed by atoms with van der Waals surface area (Å²) < 4.78 is 36.9. The highest BCUT2D eigenvalue weighted by atomic mass is 32.2. The van der Waals surface area contributed by atoms with Crippen LogP contribution in [-0.2, 0) is 21.3 Å². The third-order valence-corrected chi connectivity index (χ3v) is 4.36. The summed E-state index contributed by atoms with van der Waals surface area (Å²) in [7, 11) is -0.424. The van der Waals surface area contributed by atoms with Crippen LogP contribution in [0.4, 0.5) is 0 Å². The van der Waals surface area contributed by atoms with Crippen LogP contribution in [0.15, 0.2) is 23.1 Å². The number of ether oxygens (including phenoxy) is 2. The second-order valence-corrected chi connectivity index (χ2v) is 6.31. The van der Waals surface area contributed by atoms with Crippen LogP contribution in [0.1, 0.15) is 18.9 Å². The molecule has 0 atom stereocenters. The minimum absolute atomic E-state index is 0.229. The van der Waals surface area contributed by atoms with Crippen LogP contribution in [-0.4, -0.2) is 42.3 Å². The lowest BCUT2D eigenvalue weighted by Crippen LogP contribution is -2.27. The van der Waals surface area contributed by atoms with Gasteiger partial charge in [0.25, 0.3) is 0 Å². The van der Waals surface area contributed by atoms with E-state index in [9.17, 15) is 8.42 Å². The molecule has 0 heterocycles. The van der Waals surface area contributed by atoms with E-state index < -0.39 is 10.0 Å². The maximum Gasteiger partial charge on any atom is 0.240 e. The Morgan fingerprint density at radius 3 is 2.57 bits per heavy atom. The summed E-state index contributed by atoms with van der Waals surface area (Å²) in [5.41, 5.74) is 0.820. The molecule has 0 amide bonds. The third kappa shape index (κ3) is 5.62. The fourth-order valence-electron chi connectivity index (χ4n) is 1.82. The smallest absolute Gasteiger partial charge is 0.240 e. The van der Waals surface area contributed by atoms with Crippen molar-refractivity contribution in [2.75, 3.05) is 33.9 Å². The van der Waals surface area contributed by atoms with Gasteiger partial charge in [-0.15, -0.1) is 0 Å². The van der Waals surface area contributed by atoms with E-state index in [2.05, 4.69) is 17.0 Å². The SMILES string of the molecule is CCCNCc1cc(S(=O)(=O)NCCOC)ccc1OC. The maximum absolute atomic E-state index is 12.2. The predicted molar refractivity (Wildman–Crippen MR) is 82.1 cm³/mol. The standard InChI is InChI=1S/C14H24N2O4S/c1-4-7-15-11-12-10-13(5-6-14(12)20-3)21(17,18)16-8-9-19-2/h5-6,10,15-16H,4,7-9,11H2,1-3H3. The van der Waals surface area contributed by atoms with Crippen molar-refractivity contribution in [2.45, 2.75) is 24.8 Å². The molecule has 0 unspecified atom stereocenters. The second kappa shape index (κ2) is 8.99. The largest absolute Gasteiger partial charge is 0.496 e. The Morgan fingerprint density at radius 2 is 1.95 bits per heavy atom. The van der Waals surface area contributed by atoms with Gasteiger partial charge < -0.3 is 14.8 Å². The van der Waals surface area contributed by atoms with E-state index in [-0.39, 0.29) is 11.4 Å². The van der Waals surface area contributed by atoms with E-state index in [0.717, 1.165) is 18.5 Å². The van der Waals surface area contributed by atoms with Crippen LogP contribution in [0.25, 0.3) is 0 Å². The molecule has 0 aliphatic rings. The molecule has 0 aromatic heterocycles. The zero-order chi connectivity index (χ0) is 15.7. The Labute approximate surface area is 126 Å². The van der Waals surface area contributed by atoms with Crippen molar-refractivity contribution in [3.05, 3.63) is 23.8 Å². The average Bonchev–Trinajstić information content (AvgIpc) is 2.47. The van der Waals surface area contributed by atoms with Crippen LogP contribution in [0, 0.1) is 0 Å². The average molecular weight is 316 g/mol. The zero-order valence-electron chi connectivity index (χ0n) is 12.8. The van der Waals surface area contributed by atoms with Crippen molar-refractivity contribution in [1.29, 1.82) is 0 Å². The first-order valence-electron chi connectivity index (χ1n) is 6.91. The minimum Gasteiger partial charge on any atom is -0.496 e. The summed E-state index contributed by atoms with van der Waals surface area (Å²) in [6, 6.07) is 4.85. The highest BCUT2D eigenvalue weighted by molar-refractivity contribution is 7.89. The van der Waals surface area contributed by atoms with E-state index in [1.807, 2.05) is 0 Å². The molecule has 0 saturated carbocycles. The Balaban J connectivity index is 2.90. The Hall–Kier alpha value is -1.15. The number of rotatable bonds is 10. The van der Waals surface area contributed by atoms with E-state index in [0.29, 0.717) is 18.9 Å². The van der Waals surface area contributed by atoms with Crippen LogP contribution < -0.4 is 14.8 Å². The highest BCUT2D eigenvalue weighted by Crippen LogP contribution is 2.22. The molecule has 0 aliphatic carbocycles. The van der Waals surface area contributed by atoms with Gasteiger partial charge in [-0.1, -0.05) is 6.92 Å². The quantitative estimate of drug-likeness (QED) is 0.633. The highest BCUT2D eigenvalue weighted by Gasteiger charge is 2.15. The fourth-order valence-corrected chi connectivity index (χ4v) is 2.88. The van der Waals surface area contributed by atoms with Gasteiger partial charge in [0.2, 0.25) is 10.0 Å². The van der Waals surface area contributed by atoms with Gasteiger partial charge in [0.05, 0.1) is 18.6 Å². The number of sulfonamides is 1. The zero-order valence-corrected chi connectivity index (χ0v) is 13.6. The molecule has 6 nitrogen and oxygen atoms in total. The van der Waals surface area contributed by atoms with Gasteiger partial charge in [0.1, 0.15) is 5.75 Å². The van der Waals surface area contributed by atoms with Crippen LogP contribution in [0.5, 0.6) is 5.75 Å². The molecule has 1 rings (SSSR count). The summed E-state index contributed by atoms with van der Waals surface area (Å²) in [4.78, 5) is 0.229. The van der Waals surface area contributed by atoms with Crippen LogP contribution >= 0.6 is 0 Å². The Kier molecular flexibility index (Phi) is 7.66. The first-order chi connectivity index (χ1) is 10.0. The fraction of sp³-hybridized carbons (Fsp3) is 0.571. The van der Waals surface area contributed by atoms with Gasteiger partial charge in [-0.05, 0) is 31.2 Å². The van der Waals surface area contributed by atoms with E-state index in [1.165, 1.54) is 13.2 Å². The Morgan fingerprint density at radius 1 is 1.19 bits per heavy atom. The molecule has 0 spiro atoms. The van der Waals surface area contributed by atoms with Crippen molar-refractivity contribution in [3.8, 4) is 5.75 Å². The number of hydrogen-bond donors (Lipinski definition) is 2. The molecule has 1 aromatic carbocycles. The van der Waals surface area contributed by atoms with Gasteiger partial charge in [-0.3, -0.25) is 0 Å². The van der Waals surface area contributed by atoms with Gasteiger partial charge in [0.15, 0.2) is 0 Å². The minimum atomic E-state index is -3.52. The third-order valence-electron chi connectivity index (χ3n) is 2.90. The number of methoxy groups -OCH3 is 2. The van der Waals surface area contributed by atoms with Crippen molar-refractivity contribution < 1.29 is 17.9 Å². The van der Waals surface area contributed by atoms with Crippen molar-refractivity contribution in [2.24, 2.45) is 0 Å². The van der Waals surface area contributed by atoms with E-state index in [1.54, 1.807) is 19.2 Å². The van der Waals surface area contributed by atoms with Gasteiger partial charge in [0, 0.05) is 25.8 Å². The lowest BCUT2D eigenvalue weighted by molar-refractivity contribution is 0.204. The van der Waals surface area contributed by atoms with Crippen LogP contribution in [0.2, 0.25) is 0 Å². The molecule has 2 N–H and O–H groups in total. The van der Waals surface area contributed by atoms with E-state index >= 15 is 0 Å². The van der Waals surface area contributed by atoms with Crippen molar-refractivity contribution in [1.82, 2.24) is 10.0 Å². The molecule has 0 bridgehead atoms. The molecule has 0 radical (unpaired) electrons. The Bertz CT molecular complexity index is 532. The number of nitrogens with one attached hydrogen (secondary N) is 2. The van der Waals surface area contributed by atoms with Gasteiger partial charge >= 0.3 is 0 Å². The van der Waals surface area contributed by atoms with E-state index in [4.69, 9.17) is 9.47 Å². The molecule has 7 heteroatoms.